The van der Waals surface area contributed by atoms with Gasteiger partial charge in [0.25, 0.3) is 0 Å². The molecule has 4 nitrogen and oxygen atoms in total. The lowest BCUT2D eigenvalue weighted by Crippen LogP contribution is -2.58. The molecule has 4 unspecified atom stereocenters. The number of amides is 1. The summed E-state index contributed by atoms with van der Waals surface area (Å²) in [6, 6.07) is -0.00640. The van der Waals surface area contributed by atoms with Gasteiger partial charge < -0.3 is 5.73 Å². The Bertz CT molecular complexity index is 525. The summed E-state index contributed by atoms with van der Waals surface area (Å²) in [5, 5.41) is 0. The number of piperidine rings is 1. The fourth-order valence-electron chi connectivity index (χ4n) is 6.75. The maximum atomic E-state index is 13.0. The van der Waals surface area contributed by atoms with Gasteiger partial charge in [-0.1, -0.05) is 0 Å². The number of rotatable bonds is 2. The second-order valence-electron chi connectivity index (χ2n) is 8.69. The molecule has 22 heavy (non-hydrogen) atoms. The molecule has 1 aliphatic heterocycles. The highest BCUT2D eigenvalue weighted by Crippen LogP contribution is 2.57. The quantitative estimate of drug-likeness (QED) is 0.795. The van der Waals surface area contributed by atoms with E-state index in [1.54, 1.807) is 0 Å². The second-order valence-corrected chi connectivity index (χ2v) is 8.69. The standard InChI is InChI=1S/C18H25N3O/c1-20-15-8-11-7-14(11)21(15)18(22)17(19)16-12-3-9-2-10(5-12)6-13(16)4-9/h9-17H,2-8,19H2. The summed E-state index contributed by atoms with van der Waals surface area (Å²) in [5.41, 5.74) is 6.53. The number of hydrogen-bond acceptors (Lipinski definition) is 2. The van der Waals surface area contributed by atoms with Crippen molar-refractivity contribution in [3.63, 3.8) is 0 Å². The Hall–Kier alpha value is -1.08. The monoisotopic (exact) mass is 299 g/mol. The van der Waals surface area contributed by atoms with Crippen LogP contribution in [0, 0.1) is 42.1 Å². The molecule has 1 saturated heterocycles. The highest BCUT2D eigenvalue weighted by atomic mass is 16.2. The normalized spacial score (nSPS) is 52.3. The van der Waals surface area contributed by atoms with E-state index < -0.39 is 0 Å². The molecular weight excluding hydrogens is 274 g/mol. The van der Waals surface area contributed by atoms with Crippen LogP contribution in [0.1, 0.15) is 44.9 Å². The first-order valence-corrected chi connectivity index (χ1v) is 9.10. The van der Waals surface area contributed by atoms with E-state index in [1.165, 1.54) is 32.1 Å². The van der Waals surface area contributed by atoms with E-state index in [9.17, 15) is 4.79 Å². The van der Waals surface area contributed by atoms with Crippen LogP contribution in [0.25, 0.3) is 4.85 Å². The molecule has 1 amide bonds. The van der Waals surface area contributed by atoms with Crippen molar-refractivity contribution < 1.29 is 4.79 Å². The molecule has 0 aromatic heterocycles. The van der Waals surface area contributed by atoms with Crippen LogP contribution in [0.4, 0.5) is 0 Å². The lowest BCUT2D eigenvalue weighted by atomic mass is 9.50. The average Bonchev–Trinajstić information content (AvgIpc) is 3.16. The van der Waals surface area contributed by atoms with Gasteiger partial charge in [0.15, 0.2) is 0 Å². The highest BCUT2D eigenvalue weighted by molar-refractivity contribution is 5.83. The molecule has 6 fully saturated rings. The van der Waals surface area contributed by atoms with E-state index in [0.29, 0.717) is 29.7 Å². The lowest BCUT2D eigenvalue weighted by Gasteiger charge is -2.55. The van der Waals surface area contributed by atoms with Crippen LogP contribution in [-0.2, 0) is 4.79 Å². The molecule has 5 saturated carbocycles. The van der Waals surface area contributed by atoms with Crippen molar-refractivity contribution in [2.24, 2.45) is 41.2 Å². The molecule has 6 aliphatic rings. The molecule has 4 atom stereocenters. The van der Waals surface area contributed by atoms with Crippen LogP contribution < -0.4 is 5.73 Å². The number of carbonyl (C=O) groups is 1. The summed E-state index contributed by atoms with van der Waals surface area (Å²) in [4.78, 5) is 18.6. The first kappa shape index (κ1) is 13.4. The summed E-state index contributed by atoms with van der Waals surface area (Å²) in [6.45, 7) is 7.37. The van der Waals surface area contributed by atoms with E-state index in [0.717, 1.165) is 24.7 Å². The van der Waals surface area contributed by atoms with Crippen molar-refractivity contribution in [1.29, 1.82) is 0 Å². The number of nitrogens with zero attached hydrogens (tertiary/aromatic N) is 2. The number of hydrogen-bond donors (Lipinski definition) is 1. The van der Waals surface area contributed by atoms with E-state index in [1.807, 2.05) is 4.90 Å². The molecule has 118 valence electrons. The highest BCUT2D eigenvalue weighted by Gasteiger charge is 2.59. The third kappa shape index (κ3) is 1.75. The number of likely N-dealkylation sites (tertiary alicyclic amines) is 1. The van der Waals surface area contributed by atoms with Crippen molar-refractivity contribution >= 4 is 5.91 Å². The maximum Gasteiger partial charge on any atom is 0.301 e. The summed E-state index contributed by atoms with van der Waals surface area (Å²) < 4.78 is 0. The van der Waals surface area contributed by atoms with Crippen molar-refractivity contribution in [2.45, 2.75) is 63.2 Å². The Balaban J connectivity index is 1.37. The van der Waals surface area contributed by atoms with Crippen molar-refractivity contribution in [3.05, 3.63) is 11.4 Å². The predicted octanol–water partition coefficient (Wildman–Crippen LogP) is 2.25. The second kappa shape index (κ2) is 4.47. The van der Waals surface area contributed by atoms with Gasteiger partial charge in [0, 0.05) is 12.5 Å². The van der Waals surface area contributed by atoms with Crippen molar-refractivity contribution in [2.75, 3.05) is 0 Å². The van der Waals surface area contributed by atoms with Crippen LogP contribution in [0.3, 0.4) is 0 Å². The summed E-state index contributed by atoms with van der Waals surface area (Å²) >= 11 is 0. The van der Waals surface area contributed by atoms with Gasteiger partial charge in [0.2, 0.25) is 5.91 Å². The number of carbonyl (C=O) groups excluding carboxylic acids is 1. The van der Waals surface area contributed by atoms with Gasteiger partial charge in [-0.15, -0.1) is 0 Å². The van der Waals surface area contributed by atoms with E-state index in [-0.39, 0.29) is 18.1 Å². The molecule has 4 bridgehead atoms. The van der Waals surface area contributed by atoms with E-state index in [2.05, 4.69) is 4.85 Å². The first-order valence-electron chi connectivity index (χ1n) is 9.10. The zero-order chi connectivity index (χ0) is 15.0. The fraction of sp³-hybridized carbons (Fsp3) is 0.889. The maximum absolute atomic E-state index is 13.0. The zero-order valence-corrected chi connectivity index (χ0v) is 13.0. The minimum Gasteiger partial charge on any atom is -0.320 e. The lowest BCUT2D eigenvalue weighted by molar-refractivity contribution is -0.140. The zero-order valence-electron chi connectivity index (χ0n) is 13.0. The fourth-order valence-corrected chi connectivity index (χ4v) is 6.75. The van der Waals surface area contributed by atoms with Gasteiger partial charge in [0.1, 0.15) is 0 Å². The van der Waals surface area contributed by atoms with Crippen molar-refractivity contribution in [3.8, 4) is 0 Å². The molecule has 0 radical (unpaired) electrons. The summed E-state index contributed by atoms with van der Waals surface area (Å²) in [6.07, 6.45) is 8.40. The Morgan fingerprint density at radius 3 is 2.23 bits per heavy atom. The van der Waals surface area contributed by atoms with Crippen LogP contribution >= 0.6 is 0 Å². The number of nitrogens with two attached hydrogens (primary N) is 1. The third-order valence-electron chi connectivity index (χ3n) is 7.48. The largest absolute Gasteiger partial charge is 0.320 e. The molecule has 0 aromatic rings. The smallest absolute Gasteiger partial charge is 0.301 e. The number of fused-ring (bicyclic) bond motifs is 1. The Labute approximate surface area is 132 Å². The van der Waals surface area contributed by atoms with E-state index in [4.69, 9.17) is 12.3 Å². The average molecular weight is 299 g/mol. The Kier molecular flexibility index (Phi) is 2.72. The molecule has 2 N–H and O–H groups in total. The van der Waals surface area contributed by atoms with Crippen LogP contribution in [0.2, 0.25) is 0 Å². The minimum atomic E-state index is -0.349. The Morgan fingerprint density at radius 1 is 1.00 bits per heavy atom. The summed E-state index contributed by atoms with van der Waals surface area (Å²) in [7, 11) is 0. The van der Waals surface area contributed by atoms with Crippen LogP contribution in [0.5, 0.6) is 0 Å². The third-order valence-corrected chi connectivity index (χ3v) is 7.48. The predicted molar refractivity (Wildman–Crippen MR) is 82.3 cm³/mol. The van der Waals surface area contributed by atoms with Crippen LogP contribution in [-0.4, -0.2) is 29.1 Å². The van der Waals surface area contributed by atoms with Gasteiger partial charge in [0.05, 0.1) is 6.04 Å². The molecule has 6 rings (SSSR count). The summed E-state index contributed by atoms with van der Waals surface area (Å²) in [5.74, 6) is 4.27. The van der Waals surface area contributed by atoms with E-state index >= 15 is 0 Å². The molecule has 5 aliphatic carbocycles. The van der Waals surface area contributed by atoms with Crippen molar-refractivity contribution in [1.82, 2.24) is 4.90 Å². The van der Waals surface area contributed by atoms with Gasteiger partial charge in [-0.05, 0) is 74.0 Å². The molecule has 0 aromatic carbocycles. The van der Waals surface area contributed by atoms with Gasteiger partial charge in [-0.25, -0.2) is 6.57 Å². The van der Waals surface area contributed by atoms with Gasteiger partial charge in [-0.3, -0.25) is 14.5 Å². The molecule has 0 spiro atoms. The first-order chi connectivity index (χ1) is 10.7. The molecule has 4 heteroatoms. The topological polar surface area (TPSA) is 50.7 Å². The minimum absolute atomic E-state index is 0.100. The Morgan fingerprint density at radius 2 is 1.64 bits per heavy atom. The van der Waals surface area contributed by atoms with Gasteiger partial charge in [-0.2, -0.15) is 0 Å². The van der Waals surface area contributed by atoms with Crippen LogP contribution in [0.15, 0.2) is 0 Å². The van der Waals surface area contributed by atoms with Gasteiger partial charge >= 0.3 is 6.17 Å². The molecule has 1 heterocycles. The SMILES string of the molecule is [C-]#[N+]C1CC2CC2N1C(=O)C(N)C1C2CC3CC(C2)CC1C3. The molecular formula is C18H25N3O.